The zero-order valence-electron chi connectivity index (χ0n) is 22.3. The topological polar surface area (TPSA) is 145 Å². The second-order valence-corrected chi connectivity index (χ2v) is 10.4. The van der Waals surface area contributed by atoms with Gasteiger partial charge in [-0.15, -0.1) is 0 Å². The van der Waals surface area contributed by atoms with Gasteiger partial charge >= 0.3 is 5.97 Å². The molecule has 0 unspecified atom stereocenters. The van der Waals surface area contributed by atoms with E-state index in [0.717, 1.165) is 24.0 Å². The summed E-state index contributed by atoms with van der Waals surface area (Å²) in [7, 11) is 0. The molecule has 3 N–H and O–H groups in total. The monoisotopic (exact) mass is 542 g/mol. The van der Waals surface area contributed by atoms with E-state index in [1.165, 1.54) is 0 Å². The van der Waals surface area contributed by atoms with Gasteiger partial charge in [-0.05, 0) is 50.5 Å². The Kier molecular flexibility index (Phi) is 6.91. The van der Waals surface area contributed by atoms with Crippen LogP contribution in [0.1, 0.15) is 66.0 Å². The predicted molar refractivity (Wildman–Crippen MR) is 146 cm³/mol. The lowest BCUT2D eigenvalue weighted by atomic mass is 9.95. The normalized spacial score (nSPS) is 17.2. The molecule has 1 fully saturated rings. The maximum Gasteiger partial charge on any atom is 0.339 e. The van der Waals surface area contributed by atoms with Crippen LogP contribution >= 0.6 is 0 Å². The number of benzene rings is 2. The van der Waals surface area contributed by atoms with Gasteiger partial charge in [0.2, 0.25) is 5.95 Å². The number of nitrogens with zero attached hydrogens (tertiary/aromatic N) is 4. The summed E-state index contributed by atoms with van der Waals surface area (Å²) in [6.07, 6.45) is 3.28. The van der Waals surface area contributed by atoms with E-state index in [1.807, 2.05) is 50.2 Å². The van der Waals surface area contributed by atoms with Crippen LogP contribution in [-0.2, 0) is 15.1 Å². The Morgan fingerprint density at radius 1 is 1.07 bits per heavy atom. The van der Waals surface area contributed by atoms with Crippen LogP contribution in [0.15, 0.2) is 59.3 Å². The zero-order chi connectivity index (χ0) is 27.7. The van der Waals surface area contributed by atoms with Gasteiger partial charge in [-0.2, -0.15) is 9.97 Å². The minimum Gasteiger partial charge on any atom is -0.451 e. The number of carbonyl (C=O) groups is 1. The average Bonchev–Trinajstić information content (AvgIpc) is 3.55. The first-order chi connectivity index (χ1) is 19.4. The number of cyclic esters (lactones) is 1. The van der Waals surface area contributed by atoms with Crippen molar-refractivity contribution in [1.29, 1.82) is 0 Å². The molecule has 0 amide bonds. The summed E-state index contributed by atoms with van der Waals surface area (Å²) in [4.78, 5) is 26.1. The van der Waals surface area contributed by atoms with Crippen molar-refractivity contribution >= 4 is 23.4 Å². The fourth-order valence-corrected chi connectivity index (χ4v) is 5.03. The lowest BCUT2D eigenvalue weighted by molar-refractivity contribution is 0.00954. The molecule has 2 aliphatic heterocycles. The number of aromatic nitrogens is 4. The van der Waals surface area contributed by atoms with E-state index in [9.17, 15) is 9.90 Å². The summed E-state index contributed by atoms with van der Waals surface area (Å²) >= 11 is 0. The predicted octanol–water partition coefficient (Wildman–Crippen LogP) is 4.72. The van der Waals surface area contributed by atoms with E-state index in [1.54, 1.807) is 18.3 Å². The highest BCUT2D eigenvalue weighted by Crippen LogP contribution is 2.38. The number of fused-ring (bicyclic) bond motifs is 1. The molecular weight excluding hydrogens is 512 g/mol. The van der Waals surface area contributed by atoms with Crippen LogP contribution in [0, 0.1) is 0 Å². The van der Waals surface area contributed by atoms with Crippen molar-refractivity contribution in [2.24, 2.45) is 0 Å². The van der Waals surface area contributed by atoms with Gasteiger partial charge < -0.3 is 29.7 Å². The van der Waals surface area contributed by atoms with Crippen LogP contribution in [0.5, 0.6) is 0 Å². The van der Waals surface area contributed by atoms with Gasteiger partial charge in [-0.25, -0.2) is 9.78 Å². The number of anilines is 3. The number of nitrogens with one attached hydrogen (secondary N) is 2. The molecule has 0 aliphatic carbocycles. The van der Waals surface area contributed by atoms with E-state index >= 15 is 0 Å². The highest BCUT2D eigenvalue weighted by Gasteiger charge is 2.37. The third-order valence-electron chi connectivity index (χ3n) is 7.23. The first-order valence-electron chi connectivity index (χ1n) is 13.3. The van der Waals surface area contributed by atoms with Gasteiger partial charge in [0.25, 0.3) is 5.89 Å². The highest BCUT2D eigenvalue weighted by molar-refractivity contribution is 5.95. The Labute approximate surface area is 231 Å². The number of aliphatic hydroxyl groups excluding tert-OH is 1. The molecule has 0 spiro atoms. The van der Waals surface area contributed by atoms with Gasteiger partial charge in [-0.3, -0.25) is 0 Å². The van der Waals surface area contributed by atoms with Crippen molar-refractivity contribution in [2.75, 3.05) is 30.5 Å². The second-order valence-electron chi connectivity index (χ2n) is 10.4. The zero-order valence-corrected chi connectivity index (χ0v) is 22.3. The molecule has 1 atom stereocenters. The van der Waals surface area contributed by atoms with Gasteiger partial charge in [0.05, 0.1) is 18.2 Å². The first kappa shape index (κ1) is 25.9. The maximum absolute atomic E-state index is 12.2. The molecule has 4 aromatic rings. The quantitative estimate of drug-likeness (QED) is 0.266. The molecule has 40 heavy (non-hydrogen) atoms. The minimum absolute atomic E-state index is 0.165. The number of carbonyl (C=O) groups excluding carboxylic acids is 1. The van der Waals surface area contributed by atoms with Crippen molar-refractivity contribution < 1.29 is 23.9 Å². The van der Waals surface area contributed by atoms with E-state index in [0.29, 0.717) is 47.6 Å². The van der Waals surface area contributed by atoms with Crippen molar-refractivity contribution in [3.8, 4) is 11.5 Å². The molecule has 11 heteroatoms. The number of esters is 1. The molecule has 2 aromatic heterocycles. The van der Waals surface area contributed by atoms with E-state index in [-0.39, 0.29) is 24.4 Å². The summed E-state index contributed by atoms with van der Waals surface area (Å²) in [5.41, 5.74) is 2.70. The van der Waals surface area contributed by atoms with E-state index in [2.05, 4.69) is 25.8 Å². The summed E-state index contributed by atoms with van der Waals surface area (Å²) in [5.74, 6) is 1.47. The van der Waals surface area contributed by atoms with Crippen LogP contribution in [0.25, 0.3) is 11.5 Å². The van der Waals surface area contributed by atoms with Crippen LogP contribution in [0.3, 0.4) is 0 Å². The first-order valence-corrected chi connectivity index (χ1v) is 13.3. The van der Waals surface area contributed by atoms with Gasteiger partial charge in [0, 0.05) is 36.6 Å². The van der Waals surface area contributed by atoms with Gasteiger partial charge in [0.1, 0.15) is 17.0 Å². The summed E-state index contributed by atoms with van der Waals surface area (Å²) in [6.45, 7) is 4.87. The van der Waals surface area contributed by atoms with Crippen molar-refractivity contribution in [3.05, 3.63) is 77.2 Å². The minimum atomic E-state index is -0.730. The SMILES string of the molecule is CC1(C)OC(=O)c2ccc(Nc3ncc(-c4nc(C5CCOCC5)no4)c(N[C@H](CO)c4ccccc4)n3)cc21. The number of hydrogen-bond acceptors (Lipinski definition) is 11. The van der Waals surface area contributed by atoms with Crippen molar-refractivity contribution in [3.63, 3.8) is 0 Å². The lowest BCUT2D eigenvalue weighted by Crippen LogP contribution is -2.17. The second kappa shape index (κ2) is 10.7. The molecule has 206 valence electrons. The number of hydrogen-bond donors (Lipinski definition) is 3. The Balaban J connectivity index is 1.34. The molecule has 2 aliphatic rings. The number of ether oxygens (including phenoxy) is 2. The molecule has 4 heterocycles. The fraction of sp³-hybridized carbons (Fsp3) is 0.345. The number of rotatable bonds is 8. The molecule has 0 saturated carbocycles. The maximum atomic E-state index is 12.2. The molecule has 1 saturated heterocycles. The standard InChI is InChI=1S/C29H30N6O5/c1-29(2)22-14-19(8-9-20(22)27(37)39-29)31-28-30-15-21(26-33-24(35-40-26)18-10-12-38-13-11-18)25(34-28)32-23(16-36)17-6-4-3-5-7-17/h3-9,14-15,18,23,36H,10-13,16H2,1-2H3,(H2,30,31,32,34)/t23-/m1/s1. The summed E-state index contributed by atoms with van der Waals surface area (Å²) in [5, 5.41) is 21.0. The van der Waals surface area contributed by atoms with Crippen LogP contribution < -0.4 is 10.6 Å². The lowest BCUT2D eigenvalue weighted by Gasteiger charge is -2.20. The van der Waals surface area contributed by atoms with Crippen LogP contribution in [-0.4, -0.2) is 51.0 Å². The highest BCUT2D eigenvalue weighted by atomic mass is 16.6. The average molecular weight is 543 g/mol. The summed E-state index contributed by atoms with van der Waals surface area (Å²) < 4.78 is 16.6. The Hall–Kier alpha value is -4.35. The third-order valence-corrected chi connectivity index (χ3v) is 7.23. The molecule has 0 bridgehead atoms. The van der Waals surface area contributed by atoms with Gasteiger partial charge in [0.15, 0.2) is 5.82 Å². The Morgan fingerprint density at radius 2 is 1.88 bits per heavy atom. The van der Waals surface area contributed by atoms with Crippen LogP contribution in [0.2, 0.25) is 0 Å². The molecule has 11 nitrogen and oxygen atoms in total. The number of aliphatic hydroxyl groups is 1. The largest absolute Gasteiger partial charge is 0.451 e. The molecular formula is C29H30N6O5. The van der Waals surface area contributed by atoms with E-state index < -0.39 is 11.6 Å². The van der Waals surface area contributed by atoms with Gasteiger partial charge in [-0.1, -0.05) is 35.5 Å². The van der Waals surface area contributed by atoms with Crippen molar-refractivity contribution in [1.82, 2.24) is 20.1 Å². The van der Waals surface area contributed by atoms with Crippen molar-refractivity contribution in [2.45, 2.75) is 44.2 Å². The third kappa shape index (κ3) is 5.13. The van der Waals surface area contributed by atoms with Crippen LogP contribution in [0.4, 0.5) is 17.5 Å². The smallest absolute Gasteiger partial charge is 0.339 e. The Bertz CT molecular complexity index is 1520. The fourth-order valence-electron chi connectivity index (χ4n) is 5.03. The van der Waals surface area contributed by atoms with E-state index in [4.69, 9.17) is 19.0 Å². The molecule has 0 radical (unpaired) electrons. The Morgan fingerprint density at radius 3 is 2.65 bits per heavy atom. The molecule has 2 aromatic carbocycles. The summed E-state index contributed by atoms with van der Waals surface area (Å²) in [6, 6.07) is 14.5. The molecule has 6 rings (SSSR count).